The van der Waals surface area contributed by atoms with E-state index in [-0.39, 0.29) is 5.91 Å². The number of nitrogens with zero attached hydrogens (tertiary/aromatic N) is 3. The third-order valence-corrected chi connectivity index (χ3v) is 6.32. The third-order valence-electron chi connectivity index (χ3n) is 5.63. The number of amides is 1. The molecule has 0 bridgehead atoms. The van der Waals surface area contributed by atoms with Crippen LogP contribution in [0.5, 0.6) is 5.75 Å². The molecule has 0 aliphatic carbocycles. The van der Waals surface area contributed by atoms with Crippen LogP contribution in [0, 0.1) is 5.92 Å². The van der Waals surface area contributed by atoms with Gasteiger partial charge in [0.2, 0.25) is 11.7 Å². The van der Waals surface area contributed by atoms with Crippen LogP contribution in [0.15, 0.2) is 45.6 Å². The quantitative estimate of drug-likeness (QED) is 0.414. The fourth-order valence-electron chi connectivity index (χ4n) is 3.93. The van der Waals surface area contributed by atoms with Crippen molar-refractivity contribution in [3.05, 3.63) is 52.5 Å². The number of hydrogen-bond donors (Lipinski definition) is 0. The molecule has 3 aromatic rings. The predicted octanol–water partition coefficient (Wildman–Crippen LogP) is 5.46. The summed E-state index contributed by atoms with van der Waals surface area (Å²) in [4.78, 5) is 19.5. The van der Waals surface area contributed by atoms with Gasteiger partial charge in [-0.3, -0.25) is 4.79 Å². The molecule has 31 heavy (non-hydrogen) atoms. The predicted molar refractivity (Wildman–Crippen MR) is 121 cm³/mol. The van der Waals surface area contributed by atoms with Gasteiger partial charge in [0.25, 0.3) is 5.91 Å². The Balaban J connectivity index is 1.31. The Morgan fingerprint density at radius 2 is 2.13 bits per heavy atom. The Labute approximate surface area is 187 Å². The highest BCUT2D eigenvalue weighted by Gasteiger charge is 2.26. The molecule has 164 valence electrons. The lowest BCUT2D eigenvalue weighted by molar-refractivity contribution is 0.0668. The highest BCUT2D eigenvalue weighted by Crippen LogP contribution is 2.24. The number of aromatic nitrogens is 2. The highest BCUT2D eigenvalue weighted by atomic mass is 32.1. The molecular weight excluding hydrogens is 410 g/mol. The summed E-state index contributed by atoms with van der Waals surface area (Å²) in [7, 11) is 0. The van der Waals surface area contributed by atoms with Gasteiger partial charge in [-0.25, -0.2) is 0 Å². The van der Waals surface area contributed by atoms with Gasteiger partial charge in [0.05, 0.1) is 6.61 Å². The average molecular weight is 440 g/mol. The molecular formula is C24H29N3O3S. The van der Waals surface area contributed by atoms with Crippen LogP contribution in [0.1, 0.15) is 55.3 Å². The largest absolute Gasteiger partial charge is 0.494 e. The third kappa shape index (κ3) is 5.73. The molecule has 1 aliphatic rings. The number of thiophene rings is 1. The lowest BCUT2D eigenvalue weighted by atomic mass is 9.94. The standard InChI is InChI=1S/C24H29N3O3S/c1-2-3-4-13-29-21-9-7-19(8-10-21)24(28)27-12-5-6-18(16-27)15-22-25-23(26-30-22)20-11-14-31-17-20/h7-11,14,17-18H,2-6,12-13,15-16H2,1H3. The maximum atomic E-state index is 13.0. The lowest BCUT2D eigenvalue weighted by Crippen LogP contribution is -2.40. The number of benzene rings is 1. The first-order valence-electron chi connectivity index (χ1n) is 11.1. The molecule has 1 amide bonds. The smallest absolute Gasteiger partial charge is 0.253 e. The molecule has 1 atom stereocenters. The first-order valence-corrected chi connectivity index (χ1v) is 12.0. The van der Waals surface area contributed by atoms with Crippen LogP contribution in [0.3, 0.4) is 0 Å². The highest BCUT2D eigenvalue weighted by molar-refractivity contribution is 7.08. The number of carbonyl (C=O) groups excluding carboxylic acids is 1. The average Bonchev–Trinajstić information content (AvgIpc) is 3.49. The topological polar surface area (TPSA) is 68.5 Å². The lowest BCUT2D eigenvalue weighted by Gasteiger charge is -2.32. The molecule has 1 fully saturated rings. The van der Waals surface area contributed by atoms with Crippen LogP contribution in [-0.2, 0) is 6.42 Å². The molecule has 1 saturated heterocycles. The van der Waals surface area contributed by atoms with Crippen LogP contribution >= 0.6 is 11.3 Å². The molecule has 7 heteroatoms. The van der Waals surface area contributed by atoms with Crippen molar-refractivity contribution in [2.75, 3.05) is 19.7 Å². The Morgan fingerprint density at radius 3 is 2.90 bits per heavy atom. The van der Waals surface area contributed by atoms with E-state index in [1.54, 1.807) is 11.3 Å². The van der Waals surface area contributed by atoms with E-state index in [0.717, 1.165) is 43.7 Å². The number of carbonyl (C=O) groups is 1. The van der Waals surface area contributed by atoms with Crippen molar-refractivity contribution >= 4 is 17.2 Å². The van der Waals surface area contributed by atoms with Crippen molar-refractivity contribution in [1.82, 2.24) is 15.0 Å². The summed E-state index contributed by atoms with van der Waals surface area (Å²) in [5.41, 5.74) is 1.69. The molecule has 4 rings (SSSR count). The minimum Gasteiger partial charge on any atom is -0.494 e. The van der Waals surface area contributed by atoms with Gasteiger partial charge < -0.3 is 14.2 Å². The van der Waals surface area contributed by atoms with Gasteiger partial charge in [-0.1, -0.05) is 24.9 Å². The van der Waals surface area contributed by atoms with Crippen LogP contribution in [0.4, 0.5) is 0 Å². The summed E-state index contributed by atoms with van der Waals surface area (Å²) in [5.74, 6) is 2.51. The summed E-state index contributed by atoms with van der Waals surface area (Å²) in [6.45, 7) is 4.40. The van der Waals surface area contributed by atoms with Gasteiger partial charge in [-0.15, -0.1) is 0 Å². The Morgan fingerprint density at radius 1 is 1.26 bits per heavy atom. The molecule has 0 saturated carbocycles. The molecule has 1 aromatic carbocycles. The maximum Gasteiger partial charge on any atom is 0.253 e. The van der Waals surface area contributed by atoms with Gasteiger partial charge in [0.15, 0.2) is 0 Å². The van der Waals surface area contributed by atoms with Crippen molar-refractivity contribution in [2.24, 2.45) is 5.92 Å². The van der Waals surface area contributed by atoms with Crippen LogP contribution in [0.25, 0.3) is 11.4 Å². The molecule has 0 N–H and O–H groups in total. The van der Waals surface area contributed by atoms with Gasteiger partial charge in [-0.05, 0) is 60.9 Å². The molecule has 1 unspecified atom stereocenters. The van der Waals surface area contributed by atoms with Gasteiger partial charge in [0, 0.05) is 36.0 Å². The van der Waals surface area contributed by atoms with E-state index < -0.39 is 0 Å². The fraction of sp³-hybridized carbons (Fsp3) is 0.458. The van der Waals surface area contributed by atoms with Gasteiger partial charge in [0.1, 0.15) is 5.75 Å². The van der Waals surface area contributed by atoms with E-state index in [2.05, 4.69) is 17.1 Å². The van der Waals surface area contributed by atoms with E-state index in [9.17, 15) is 4.79 Å². The number of piperidine rings is 1. The Hall–Kier alpha value is -2.67. The Bertz CT molecular complexity index is 953. The Kier molecular flexibility index (Phi) is 7.35. The van der Waals surface area contributed by atoms with Crippen LogP contribution in [0.2, 0.25) is 0 Å². The second-order valence-electron chi connectivity index (χ2n) is 8.07. The molecule has 6 nitrogen and oxygen atoms in total. The van der Waals surface area contributed by atoms with Gasteiger partial charge >= 0.3 is 0 Å². The number of likely N-dealkylation sites (tertiary alicyclic amines) is 1. The van der Waals surface area contributed by atoms with E-state index in [0.29, 0.717) is 36.2 Å². The first-order chi connectivity index (χ1) is 15.2. The van der Waals surface area contributed by atoms with E-state index in [1.807, 2.05) is 46.0 Å². The zero-order valence-electron chi connectivity index (χ0n) is 18.0. The first kappa shape index (κ1) is 21.6. The number of ether oxygens (including phenoxy) is 1. The molecule has 3 heterocycles. The number of hydrogen-bond acceptors (Lipinski definition) is 6. The summed E-state index contributed by atoms with van der Waals surface area (Å²) in [6.07, 6.45) is 6.15. The van der Waals surface area contributed by atoms with E-state index >= 15 is 0 Å². The van der Waals surface area contributed by atoms with Crippen LogP contribution < -0.4 is 4.74 Å². The summed E-state index contributed by atoms with van der Waals surface area (Å²) in [5, 5.41) is 8.11. The second-order valence-corrected chi connectivity index (χ2v) is 8.85. The summed E-state index contributed by atoms with van der Waals surface area (Å²) in [6, 6.07) is 9.51. The summed E-state index contributed by atoms with van der Waals surface area (Å²) < 4.78 is 11.2. The van der Waals surface area contributed by atoms with E-state index in [1.165, 1.54) is 12.8 Å². The SMILES string of the molecule is CCCCCOc1ccc(C(=O)N2CCCC(Cc3nc(-c4ccsc4)no3)C2)cc1. The minimum atomic E-state index is 0.0757. The maximum absolute atomic E-state index is 13.0. The van der Waals surface area contributed by atoms with E-state index in [4.69, 9.17) is 9.26 Å². The normalized spacial score (nSPS) is 16.4. The monoisotopic (exact) mass is 439 g/mol. The molecule has 0 spiro atoms. The molecule has 0 radical (unpaired) electrons. The van der Waals surface area contributed by atoms with Crippen molar-refractivity contribution in [2.45, 2.75) is 45.4 Å². The summed E-state index contributed by atoms with van der Waals surface area (Å²) >= 11 is 1.61. The second kappa shape index (κ2) is 10.6. The zero-order chi connectivity index (χ0) is 21.5. The van der Waals surface area contributed by atoms with Crippen molar-refractivity contribution in [1.29, 1.82) is 0 Å². The minimum absolute atomic E-state index is 0.0757. The number of rotatable bonds is 9. The zero-order valence-corrected chi connectivity index (χ0v) is 18.8. The van der Waals surface area contributed by atoms with Crippen molar-refractivity contribution in [3.8, 4) is 17.1 Å². The van der Waals surface area contributed by atoms with Crippen molar-refractivity contribution < 1.29 is 14.1 Å². The molecule has 1 aliphatic heterocycles. The van der Waals surface area contributed by atoms with Crippen LogP contribution in [-0.4, -0.2) is 40.6 Å². The van der Waals surface area contributed by atoms with Gasteiger partial charge in [-0.2, -0.15) is 16.3 Å². The molecule has 2 aromatic heterocycles. The van der Waals surface area contributed by atoms with Crippen molar-refractivity contribution in [3.63, 3.8) is 0 Å². The number of unbranched alkanes of at least 4 members (excludes halogenated alkanes) is 2. The fourth-order valence-corrected chi connectivity index (χ4v) is 4.56.